The van der Waals surface area contributed by atoms with Crippen LogP contribution in [0, 0.1) is 0 Å². The molecule has 0 unspecified atom stereocenters. The largest absolute Gasteiger partial charge is 0.352 e. The number of likely N-dealkylation sites (tertiary alicyclic amines) is 1. The van der Waals surface area contributed by atoms with E-state index in [0.717, 1.165) is 38.2 Å². The molecule has 2 saturated heterocycles. The lowest BCUT2D eigenvalue weighted by molar-refractivity contribution is -0.117. The van der Waals surface area contributed by atoms with Crippen molar-refractivity contribution in [1.29, 1.82) is 0 Å². The maximum Gasteiger partial charge on any atom is 0.246 e. The van der Waals surface area contributed by atoms with Crippen LogP contribution in [-0.2, 0) is 4.79 Å². The van der Waals surface area contributed by atoms with Crippen molar-refractivity contribution in [1.82, 2.24) is 15.5 Å². The van der Waals surface area contributed by atoms with E-state index in [1.54, 1.807) is 0 Å². The third-order valence-electron chi connectivity index (χ3n) is 3.93. The summed E-state index contributed by atoms with van der Waals surface area (Å²) in [5.41, 5.74) is 2.16. The van der Waals surface area contributed by atoms with E-state index in [-0.39, 0.29) is 5.91 Å². The van der Waals surface area contributed by atoms with Crippen LogP contribution in [0.3, 0.4) is 0 Å². The number of hydrogen-bond donors (Lipinski definition) is 2. The molecule has 2 aliphatic heterocycles. The molecule has 2 aliphatic rings. The van der Waals surface area contributed by atoms with Gasteiger partial charge in [0.05, 0.1) is 0 Å². The normalized spacial score (nSPS) is 20.4. The Bertz CT molecular complexity index is 313. The number of rotatable bonds is 5. The molecule has 0 radical (unpaired) electrons. The van der Waals surface area contributed by atoms with E-state index in [0.29, 0.717) is 0 Å². The average molecular weight is 251 g/mol. The van der Waals surface area contributed by atoms with Gasteiger partial charge in [0.25, 0.3) is 0 Å². The second-order valence-electron chi connectivity index (χ2n) is 5.34. The summed E-state index contributed by atoms with van der Waals surface area (Å²) in [5, 5.41) is 6.18. The molecule has 2 N–H and O–H groups in total. The van der Waals surface area contributed by atoms with Crippen LogP contribution in [0.5, 0.6) is 0 Å². The first-order valence-corrected chi connectivity index (χ1v) is 7.17. The maximum absolute atomic E-state index is 11.8. The third kappa shape index (κ3) is 3.82. The second-order valence-corrected chi connectivity index (χ2v) is 5.34. The Hall–Kier alpha value is -0.870. The van der Waals surface area contributed by atoms with Gasteiger partial charge in [-0.2, -0.15) is 0 Å². The van der Waals surface area contributed by atoms with Crippen LogP contribution in [0.25, 0.3) is 0 Å². The highest BCUT2D eigenvalue weighted by Gasteiger charge is 2.15. The van der Waals surface area contributed by atoms with E-state index in [2.05, 4.69) is 15.5 Å². The number of nitrogens with zero attached hydrogens (tertiary/aromatic N) is 1. The van der Waals surface area contributed by atoms with Gasteiger partial charge in [-0.3, -0.25) is 4.79 Å². The fourth-order valence-electron chi connectivity index (χ4n) is 2.50. The first-order valence-electron chi connectivity index (χ1n) is 7.17. The predicted octanol–water partition coefficient (Wildman–Crippen LogP) is 0.898. The molecule has 2 rings (SSSR count). The quantitative estimate of drug-likeness (QED) is 0.563. The zero-order valence-electron chi connectivity index (χ0n) is 11.4. The minimum absolute atomic E-state index is 0.116. The zero-order valence-corrected chi connectivity index (χ0v) is 11.4. The number of nitrogens with one attached hydrogen (secondary N) is 2. The fraction of sp³-hybridized carbons (Fsp3) is 0.786. The van der Waals surface area contributed by atoms with Crippen molar-refractivity contribution in [2.75, 3.05) is 39.3 Å². The molecule has 0 atom stereocenters. The molecule has 0 aromatic carbocycles. The lowest BCUT2D eigenvalue weighted by atomic mass is 10.0. The Balaban J connectivity index is 1.58. The molecular weight excluding hydrogens is 226 g/mol. The molecule has 102 valence electrons. The van der Waals surface area contributed by atoms with Gasteiger partial charge in [-0.25, -0.2) is 0 Å². The molecular formula is C14H25N3O. The first-order chi connectivity index (χ1) is 8.77. The van der Waals surface area contributed by atoms with Crippen molar-refractivity contribution >= 4 is 5.91 Å². The van der Waals surface area contributed by atoms with Gasteiger partial charge in [-0.15, -0.1) is 0 Å². The van der Waals surface area contributed by atoms with E-state index >= 15 is 0 Å². The third-order valence-corrected chi connectivity index (χ3v) is 3.93. The standard InChI is InChI=1S/C14H25N3O/c1-12(13-10-15-11-13)14(18)16-6-5-9-17-7-3-2-4-8-17/h15H,2-11H2,1H3,(H,16,18). The predicted molar refractivity (Wildman–Crippen MR) is 73.5 cm³/mol. The summed E-state index contributed by atoms with van der Waals surface area (Å²) in [6, 6.07) is 0. The van der Waals surface area contributed by atoms with Gasteiger partial charge in [0.1, 0.15) is 0 Å². The van der Waals surface area contributed by atoms with Crippen LogP contribution in [0.4, 0.5) is 0 Å². The fourth-order valence-corrected chi connectivity index (χ4v) is 2.50. The molecule has 2 heterocycles. The molecule has 4 nitrogen and oxygen atoms in total. The maximum atomic E-state index is 11.8. The van der Waals surface area contributed by atoms with Crippen LogP contribution < -0.4 is 10.6 Å². The van der Waals surface area contributed by atoms with Gasteiger partial charge in [0.2, 0.25) is 5.91 Å². The highest BCUT2D eigenvalue weighted by molar-refractivity contribution is 5.93. The van der Waals surface area contributed by atoms with E-state index in [1.807, 2.05) is 6.92 Å². The van der Waals surface area contributed by atoms with Crippen LogP contribution in [0.2, 0.25) is 0 Å². The van der Waals surface area contributed by atoms with Gasteiger partial charge >= 0.3 is 0 Å². The molecule has 2 fully saturated rings. The summed E-state index contributed by atoms with van der Waals surface area (Å²) >= 11 is 0. The molecule has 18 heavy (non-hydrogen) atoms. The van der Waals surface area contributed by atoms with Crippen LogP contribution in [-0.4, -0.2) is 50.1 Å². The number of carbonyl (C=O) groups is 1. The van der Waals surface area contributed by atoms with E-state index < -0.39 is 0 Å². The Morgan fingerprint density at radius 1 is 1.28 bits per heavy atom. The highest BCUT2D eigenvalue weighted by Crippen LogP contribution is 2.09. The van der Waals surface area contributed by atoms with Crippen molar-refractivity contribution in [2.45, 2.75) is 32.6 Å². The topological polar surface area (TPSA) is 44.4 Å². The van der Waals surface area contributed by atoms with Gasteiger partial charge in [0.15, 0.2) is 0 Å². The molecule has 0 aromatic heterocycles. The van der Waals surface area contributed by atoms with Gasteiger partial charge < -0.3 is 15.5 Å². The molecule has 0 spiro atoms. The van der Waals surface area contributed by atoms with Gasteiger partial charge in [0, 0.05) is 25.2 Å². The van der Waals surface area contributed by atoms with Crippen LogP contribution in [0.1, 0.15) is 32.6 Å². The number of carbonyl (C=O) groups excluding carboxylic acids is 1. The van der Waals surface area contributed by atoms with Crippen molar-refractivity contribution in [3.8, 4) is 0 Å². The zero-order chi connectivity index (χ0) is 12.8. The summed E-state index contributed by atoms with van der Waals surface area (Å²) in [5.74, 6) is 0.116. The number of amides is 1. The summed E-state index contributed by atoms with van der Waals surface area (Å²) in [6.07, 6.45) is 5.12. The van der Waals surface area contributed by atoms with Crippen molar-refractivity contribution in [3.63, 3.8) is 0 Å². The molecule has 4 heteroatoms. The lowest BCUT2D eigenvalue weighted by Gasteiger charge is -2.26. The van der Waals surface area contributed by atoms with E-state index in [9.17, 15) is 4.79 Å². The van der Waals surface area contributed by atoms with Crippen molar-refractivity contribution < 1.29 is 4.79 Å². The minimum Gasteiger partial charge on any atom is -0.352 e. The molecule has 0 aliphatic carbocycles. The van der Waals surface area contributed by atoms with Crippen molar-refractivity contribution in [2.24, 2.45) is 0 Å². The monoisotopic (exact) mass is 251 g/mol. The SMILES string of the molecule is CC(C(=O)NCCCN1CCCCC1)=C1CNC1. The van der Waals surface area contributed by atoms with Gasteiger partial charge in [-0.05, 0) is 51.4 Å². The molecule has 0 bridgehead atoms. The van der Waals surface area contributed by atoms with E-state index in [4.69, 9.17) is 0 Å². The second kappa shape index (κ2) is 6.90. The molecule has 1 amide bonds. The van der Waals surface area contributed by atoms with Crippen LogP contribution >= 0.6 is 0 Å². The summed E-state index contributed by atoms with van der Waals surface area (Å²) in [6.45, 7) is 8.09. The Kier molecular flexibility index (Phi) is 5.20. The lowest BCUT2D eigenvalue weighted by Crippen LogP contribution is -2.38. The minimum atomic E-state index is 0.116. The molecule has 0 saturated carbocycles. The Morgan fingerprint density at radius 2 is 2.00 bits per heavy atom. The number of piperidine rings is 1. The van der Waals surface area contributed by atoms with E-state index in [1.165, 1.54) is 37.9 Å². The first kappa shape index (κ1) is 13.6. The Labute approximate surface area is 110 Å². The highest BCUT2D eigenvalue weighted by atomic mass is 16.1. The van der Waals surface area contributed by atoms with Gasteiger partial charge in [-0.1, -0.05) is 6.42 Å². The Morgan fingerprint density at radius 3 is 2.61 bits per heavy atom. The summed E-state index contributed by atoms with van der Waals surface area (Å²) in [7, 11) is 0. The molecule has 0 aromatic rings. The smallest absolute Gasteiger partial charge is 0.246 e. The number of hydrogen-bond acceptors (Lipinski definition) is 3. The van der Waals surface area contributed by atoms with Crippen molar-refractivity contribution in [3.05, 3.63) is 11.1 Å². The van der Waals surface area contributed by atoms with Crippen LogP contribution in [0.15, 0.2) is 11.1 Å². The average Bonchev–Trinajstić information content (AvgIpc) is 2.33. The summed E-state index contributed by atoms with van der Waals surface area (Å²) < 4.78 is 0. The summed E-state index contributed by atoms with van der Waals surface area (Å²) in [4.78, 5) is 14.3.